The first-order valence-electron chi connectivity index (χ1n) is 13.1. The van der Waals surface area contributed by atoms with E-state index in [0.717, 1.165) is 38.2 Å². The maximum absolute atomic E-state index is 15.8. The van der Waals surface area contributed by atoms with E-state index in [1.54, 1.807) is 26.8 Å². The predicted molar refractivity (Wildman–Crippen MR) is 145 cm³/mol. The number of esters is 1. The minimum absolute atomic E-state index is 0.0630. The van der Waals surface area contributed by atoms with Gasteiger partial charge in [-0.05, 0) is 69.2 Å². The topological polar surface area (TPSA) is 62.1 Å². The number of benzene rings is 2. The van der Waals surface area contributed by atoms with Gasteiger partial charge in [-0.15, -0.1) is 0 Å². The van der Waals surface area contributed by atoms with E-state index in [-0.39, 0.29) is 26.6 Å². The van der Waals surface area contributed by atoms with Crippen molar-refractivity contribution in [1.29, 1.82) is 5.26 Å². The van der Waals surface area contributed by atoms with Crippen LogP contribution < -0.4 is 5.32 Å². The molecule has 1 N–H and O–H groups in total. The Bertz CT molecular complexity index is 1250. The number of hydrogen-bond donors (Lipinski definition) is 1. The van der Waals surface area contributed by atoms with Crippen molar-refractivity contribution in [2.75, 3.05) is 0 Å². The second-order valence-electron chi connectivity index (χ2n) is 12.0. The highest BCUT2D eigenvalue weighted by atomic mass is 35.5. The van der Waals surface area contributed by atoms with Crippen molar-refractivity contribution in [2.24, 2.45) is 5.41 Å². The zero-order valence-corrected chi connectivity index (χ0v) is 23.7. The van der Waals surface area contributed by atoms with E-state index in [4.69, 9.17) is 27.9 Å². The third-order valence-electron chi connectivity index (χ3n) is 8.05. The molecule has 8 heteroatoms. The summed E-state index contributed by atoms with van der Waals surface area (Å²) in [5.74, 6) is -3.17. The van der Waals surface area contributed by atoms with Crippen LogP contribution >= 0.6 is 23.2 Å². The van der Waals surface area contributed by atoms with Gasteiger partial charge in [0.2, 0.25) is 0 Å². The van der Waals surface area contributed by atoms with Gasteiger partial charge in [0, 0.05) is 22.5 Å². The summed E-state index contributed by atoms with van der Waals surface area (Å²) in [7, 11) is 0. The Hall–Kier alpha value is -2.20. The Labute approximate surface area is 233 Å². The molecule has 1 heterocycles. The van der Waals surface area contributed by atoms with Crippen LogP contribution in [0.4, 0.5) is 8.78 Å². The van der Waals surface area contributed by atoms with Crippen LogP contribution in [0.2, 0.25) is 10.0 Å². The lowest BCUT2D eigenvalue weighted by Gasteiger charge is -2.41. The monoisotopic (exact) mass is 562 g/mol. The van der Waals surface area contributed by atoms with Gasteiger partial charge in [0.25, 0.3) is 0 Å². The van der Waals surface area contributed by atoms with Crippen LogP contribution in [0.3, 0.4) is 0 Å². The largest absolute Gasteiger partial charge is 0.459 e. The minimum Gasteiger partial charge on any atom is -0.459 e. The van der Waals surface area contributed by atoms with Crippen LogP contribution in [0.5, 0.6) is 0 Å². The lowest BCUT2D eigenvalue weighted by Crippen LogP contribution is -2.46. The van der Waals surface area contributed by atoms with E-state index in [9.17, 15) is 10.1 Å². The summed E-state index contributed by atoms with van der Waals surface area (Å²) in [6.07, 6.45) is 5.65. The number of nitrogens with one attached hydrogen (secondary N) is 1. The van der Waals surface area contributed by atoms with Crippen molar-refractivity contribution in [3.63, 3.8) is 0 Å². The summed E-state index contributed by atoms with van der Waals surface area (Å²) >= 11 is 12.3. The fraction of sp³-hybridized carbons (Fsp3) is 0.533. The van der Waals surface area contributed by atoms with E-state index in [0.29, 0.717) is 6.42 Å². The van der Waals surface area contributed by atoms with Crippen molar-refractivity contribution in [3.05, 3.63) is 69.2 Å². The molecule has 1 aliphatic heterocycles. The van der Waals surface area contributed by atoms with Crippen molar-refractivity contribution < 1.29 is 18.3 Å². The Morgan fingerprint density at radius 3 is 2.45 bits per heavy atom. The molecule has 1 saturated heterocycles. The molecule has 1 aliphatic carbocycles. The van der Waals surface area contributed by atoms with E-state index < -0.39 is 46.6 Å². The highest BCUT2D eigenvalue weighted by molar-refractivity contribution is 6.31. The van der Waals surface area contributed by atoms with Crippen LogP contribution in [0, 0.1) is 28.4 Å². The summed E-state index contributed by atoms with van der Waals surface area (Å²) in [6, 6.07) is 9.24. The summed E-state index contributed by atoms with van der Waals surface area (Å²) < 4.78 is 37.2. The van der Waals surface area contributed by atoms with Gasteiger partial charge in [-0.3, -0.25) is 10.1 Å². The number of nitrogens with zero attached hydrogens (tertiary/aromatic N) is 1. The summed E-state index contributed by atoms with van der Waals surface area (Å²) in [5, 5.41) is 14.4. The zero-order chi connectivity index (χ0) is 27.9. The standard InChI is InChI=1S/C30H34Cl2F2N2O2/c1-28(2,3)38-27(37)26-24(19-9-8-10-21(32)25(19)34)30(17-35,20-12-11-18(31)15-22(20)33)23(36-26)16-29(4)13-6-5-7-14-29/h8-12,15,23-24,26,36H,5-7,13-14,16H2,1-4H3/t23-,24-,26+,30-/m0/s1. The lowest BCUT2D eigenvalue weighted by atomic mass is 9.61. The van der Waals surface area contributed by atoms with Gasteiger partial charge in [0.05, 0.1) is 11.1 Å². The molecule has 4 rings (SSSR count). The average Bonchev–Trinajstić information content (AvgIpc) is 3.14. The van der Waals surface area contributed by atoms with Gasteiger partial charge in [-0.2, -0.15) is 5.26 Å². The second kappa shape index (κ2) is 10.8. The first-order valence-corrected chi connectivity index (χ1v) is 13.9. The van der Waals surface area contributed by atoms with Crippen LogP contribution in [-0.4, -0.2) is 23.7 Å². The number of ether oxygens (including phenoxy) is 1. The maximum Gasteiger partial charge on any atom is 0.324 e. The zero-order valence-electron chi connectivity index (χ0n) is 22.2. The van der Waals surface area contributed by atoms with Crippen LogP contribution in [0.25, 0.3) is 0 Å². The highest BCUT2D eigenvalue weighted by Gasteiger charge is 2.62. The Kier molecular flexibility index (Phi) is 8.15. The Balaban J connectivity index is 1.98. The highest BCUT2D eigenvalue weighted by Crippen LogP contribution is 2.54. The molecule has 4 nitrogen and oxygen atoms in total. The number of carbonyl (C=O) groups excluding carboxylic acids is 1. The second-order valence-corrected chi connectivity index (χ2v) is 12.9. The molecule has 2 aliphatic rings. The van der Waals surface area contributed by atoms with Crippen molar-refractivity contribution in [2.45, 2.75) is 95.2 Å². The Morgan fingerprint density at radius 2 is 1.84 bits per heavy atom. The van der Waals surface area contributed by atoms with Crippen LogP contribution in [0.15, 0.2) is 36.4 Å². The first-order chi connectivity index (χ1) is 17.8. The third kappa shape index (κ3) is 5.43. The summed E-state index contributed by atoms with van der Waals surface area (Å²) in [5.41, 5.74) is -2.49. The van der Waals surface area contributed by atoms with E-state index in [1.165, 1.54) is 24.3 Å². The normalized spacial score (nSPS) is 27.1. The summed E-state index contributed by atoms with van der Waals surface area (Å²) in [4.78, 5) is 13.7. The molecular weight excluding hydrogens is 529 g/mol. The molecule has 0 spiro atoms. The minimum atomic E-state index is -1.65. The smallest absolute Gasteiger partial charge is 0.324 e. The quantitative estimate of drug-likeness (QED) is 0.376. The van der Waals surface area contributed by atoms with Crippen molar-refractivity contribution >= 4 is 29.2 Å². The van der Waals surface area contributed by atoms with Gasteiger partial charge in [-0.25, -0.2) is 8.78 Å². The van der Waals surface area contributed by atoms with Gasteiger partial charge < -0.3 is 4.74 Å². The molecule has 0 radical (unpaired) electrons. The van der Waals surface area contributed by atoms with Crippen LogP contribution in [-0.2, 0) is 14.9 Å². The third-order valence-corrected chi connectivity index (χ3v) is 8.58. The Morgan fingerprint density at radius 1 is 1.16 bits per heavy atom. The SMILES string of the molecule is CC1(C[C@@H]2N[C@@H](C(=O)OC(C)(C)C)[C@H](c3cccc(Cl)c3F)[C@@]2(C#N)c2ccc(Cl)cc2F)CCCCC1. The molecular formula is C30H34Cl2F2N2O2. The molecule has 204 valence electrons. The molecule has 0 amide bonds. The van der Waals surface area contributed by atoms with E-state index in [1.807, 2.05) is 0 Å². The molecule has 1 saturated carbocycles. The number of hydrogen-bond acceptors (Lipinski definition) is 4. The van der Waals surface area contributed by atoms with Crippen molar-refractivity contribution in [3.8, 4) is 6.07 Å². The average molecular weight is 564 g/mol. The number of rotatable bonds is 5. The lowest BCUT2D eigenvalue weighted by molar-refractivity contribution is -0.157. The van der Waals surface area contributed by atoms with Crippen molar-refractivity contribution in [1.82, 2.24) is 5.32 Å². The molecule has 38 heavy (non-hydrogen) atoms. The van der Waals surface area contributed by atoms with Gasteiger partial charge in [-0.1, -0.05) is 67.6 Å². The molecule has 0 aromatic heterocycles. The van der Waals surface area contributed by atoms with Gasteiger partial charge in [0.1, 0.15) is 28.7 Å². The number of halogens is 4. The van der Waals surface area contributed by atoms with Gasteiger partial charge >= 0.3 is 5.97 Å². The molecule has 4 atom stereocenters. The number of nitriles is 1. The number of carbonyl (C=O) groups is 1. The fourth-order valence-corrected chi connectivity index (χ4v) is 6.73. The molecule has 2 fully saturated rings. The van der Waals surface area contributed by atoms with Gasteiger partial charge in [0.15, 0.2) is 0 Å². The predicted octanol–water partition coefficient (Wildman–Crippen LogP) is 7.86. The molecule has 0 bridgehead atoms. The molecule has 0 unspecified atom stereocenters. The maximum atomic E-state index is 15.8. The van der Waals surface area contributed by atoms with Crippen LogP contribution in [0.1, 0.15) is 83.3 Å². The van der Waals surface area contributed by atoms with E-state index >= 15 is 8.78 Å². The molecule has 2 aromatic rings. The van der Waals surface area contributed by atoms with E-state index in [2.05, 4.69) is 18.3 Å². The first kappa shape index (κ1) is 28.8. The summed E-state index contributed by atoms with van der Waals surface area (Å²) in [6.45, 7) is 7.40. The molecule has 2 aromatic carbocycles. The fourth-order valence-electron chi connectivity index (χ4n) is 6.39.